The maximum Gasteiger partial charge on any atom is 0.191 e. The number of benzene rings is 2. The highest BCUT2D eigenvalue weighted by Crippen LogP contribution is 2.16. The number of aliphatic imine (C=N–C) groups is 1. The van der Waals surface area contributed by atoms with Crippen LogP contribution in [0.1, 0.15) is 18.1 Å². The van der Waals surface area contributed by atoms with Gasteiger partial charge in [0.15, 0.2) is 11.8 Å². The Kier molecular flexibility index (Phi) is 6.22. The van der Waals surface area contributed by atoms with Gasteiger partial charge in [0, 0.05) is 23.7 Å². The maximum absolute atomic E-state index is 5.92. The SMILES string of the molecule is CCNC(=NCc1cccc(-c2ncn[nH]2)c1)NCc1ccc(Cl)cc1. The molecule has 7 heteroatoms. The van der Waals surface area contributed by atoms with Crippen LogP contribution in [0.15, 0.2) is 59.9 Å². The number of hydrogen-bond donors (Lipinski definition) is 3. The van der Waals surface area contributed by atoms with Gasteiger partial charge in [-0.15, -0.1) is 0 Å². The standard InChI is InChI=1S/C19H21ClN6/c1-2-21-19(22-11-14-6-8-17(20)9-7-14)23-12-15-4-3-5-16(10-15)18-24-13-25-26-18/h3-10,13H,2,11-12H2,1H3,(H2,21,22,23)(H,24,25,26). The number of aromatic nitrogens is 3. The Labute approximate surface area is 157 Å². The number of nitrogens with zero attached hydrogens (tertiary/aromatic N) is 3. The molecule has 0 amide bonds. The molecule has 0 saturated heterocycles. The molecule has 3 N–H and O–H groups in total. The van der Waals surface area contributed by atoms with Gasteiger partial charge < -0.3 is 10.6 Å². The van der Waals surface area contributed by atoms with Gasteiger partial charge in [-0.25, -0.2) is 9.98 Å². The van der Waals surface area contributed by atoms with Crippen molar-refractivity contribution >= 4 is 17.6 Å². The van der Waals surface area contributed by atoms with E-state index < -0.39 is 0 Å². The molecule has 1 heterocycles. The van der Waals surface area contributed by atoms with Crippen molar-refractivity contribution in [3.63, 3.8) is 0 Å². The van der Waals surface area contributed by atoms with Crippen molar-refractivity contribution in [2.24, 2.45) is 4.99 Å². The van der Waals surface area contributed by atoms with Gasteiger partial charge in [-0.2, -0.15) is 5.10 Å². The molecule has 3 aromatic rings. The number of H-pyrrole nitrogens is 1. The summed E-state index contributed by atoms with van der Waals surface area (Å²) in [6, 6.07) is 15.9. The van der Waals surface area contributed by atoms with E-state index in [1.165, 1.54) is 6.33 Å². The molecule has 0 fully saturated rings. The van der Waals surface area contributed by atoms with E-state index in [4.69, 9.17) is 11.6 Å². The third kappa shape index (κ3) is 5.07. The average Bonchev–Trinajstić information content (AvgIpc) is 3.20. The second-order valence-corrected chi connectivity index (χ2v) is 6.15. The lowest BCUT2D eigenvalue weighted by molar-refractivity contribution is 0.816. The van der Waals surface area contributed by atoms with Crippen LogP contribution in [0.5, 0.6) is 0 Å². The van der Waals surface area contributed by atoms with E-state index in [1.54, 1.807) is 0 Å². The number of rotatable bonds is 6. The highest BCUT2D eigenvalue weighted by atomic mass is 35.5. The third-order valence-corrected chi connectivity index (χ3v) is 4.00. The number of aromatic amines is 1. The molecule has 0 spiro atoms. The summed E-state index contributed by atoms with van der Waals surface area (Å²) in [6.45, 7) is 4.09. The second kappa shape index (κ2) is 9.01. The van der Waals surface area contributed by atoms with Gasteiger partial charge in [0.1, 0.15) is 6.33 Å². The molecule has 0 aliphatic heterocycles. The van der Waals surface area contributed by atoms with E-state index in [2.05, 4.69) is 36.9 Å². The molecule has 0 atom stereocenters. The summed E-state index contributed by atoms with van der Waals surface area (Å²) in [4.78, 5) is 8.85. The summed E-state index contributed by atoms with van der Waals surface area (Å²) >= 11 is 5.92. The molecule has 2 aromatic carbocycles. The normalized spacial score (nSPS) is 11.4. The van der Waals surface area contributed by atoms with Gasteiger partial charge in [-0.05, 0) is 36.2 Å². The lowest BCUT2D eigenvalue weighted by Gasteiger charge is -2.11. The summed E-state index contributed by atoms with van der Waals surface area (Å²) < 4.78 is 0. The van der Waals surface area contributed by atoms with E-state index in [-0.39, 0.29) is 0 Å². The van der Waals surface area contributed by atoms with Gasteiger partial charge in [0.05, 0.1) is 6.54 Å². The lowest BCUT2D eigenvalue weighted by atomic mass is 10.1. The average molecular weight is 369 g/mol. The fraction of sp³-hybridized carbons (Fsp3) is 0.211. The zero-order valence-electron chi connectivity index (χ0n) is 14.5. The van der Waals surface area contributed by atoms with E-state index in [0.717, 1.165) is 40.0 Å². The molecule has 3 rings (SSSR count). The van der Waals surface area contributed by atoms with Crippen molar-refractivity contribution in [3.8, 4) is 11.4 Å². The van der Waals surface area contributed by atoms with Crippen LogP contribution in [0.4, 0.5) is 0 Å². The molecule has 26 heavy (non-hydrogen) atoms. The van der Waals surface area contributed by atoms with E-state index in [1.807, 2.05) is 49.4 Å². The topological polar surface area (TPSA) is 78.0 Å². The molecule has 6 nitrogen and oxygen atoms in total. The largest absolute Gasteiger partial charge is 0.357 e. The minimum atomic E-state index is 0.567. The minimum absolute atomic E-state index is 0.567. The predicted octanol–water partition coefficient (Wildman–Crippen LogP) is 3.38. The Hall–Kier alpha value is -2.86. The summed E-state index contributed by atoms with van der Waals surface area (Å²) in [5.41, 5.74) is 3.24. The van der Waals surface area contributed by atoms with Crippen molar-refractivity contribution in [2.75, 3.05) is 6.54 Å². The van der Waals surface area contributed by atoms with Crippen LogP contribution < -0.4 is 10.6 Å². The van der Waals surface area contributed by atoms with Gasteiger partial charge >= 0.3 is 0 Å². The molecule has 134 valence electrons. The second-order valence-electron chi connectivity index (χ2n) is 5.71. The van der Waals surface area contributed by atoms with Crippen LogP contribution in [-0.2, 0) is 13.1 Å². The monoisotopic (exact) mass is 368 g/mol. The van der Waals surface area contributed by atoms with Crippen LogP contribution in [-0.4, -0.2) is 27.7 Å². The summed E-state index contributed by atoms with van der Waals surface area (Å²) in [5.74, 6) is 1.52. The fourth-order valence-electron chi connectivity index (χ4n) is 2.46. The maximum atomic E-state index is 5.92. The third-order valence-electron chi connectivity index (χ3n) is 3.75. The number of halogens is 1. The number of nitrogens with one attached hydrogen (secondary N) is 3. The smallest absolute Gasteiger partial charge is 0.191 e. The number of hydrogen-bond acceptors (Lipinski definition) is 3. The highest BCUT2D eigenvalue weighted by molar-refractivity contribution is 6.30. The first kappa shape index (κ1) is 17.9. The molecule has 0 unspecified atom stereocenters. The molecule has 0 radical (unpaired) electrons. The van der Waals surface area contributed by atoms with Crippen molar-refractivity contribution < 1.29 is 0 Å². The zero-order chi connectivity index (χ0) is 18.2. The van der Waals surface area contributed by atoms with Crippen molar-refractivity contribution in [1.29, 1.82) is 0 Å². The Bertz CT molecular complexity index is 843. The molecule has 0 bridgehead atoms. The molecule has 0 aliphatic carbocycles. The van der Waals surface area contributed by atoms with Gasteiger partial charge in [-0.3, -0.25) is 5.10 Å². The zero-order valence-corrected chi connectivity index (χ0v) is 15.3. The first-order valence-corrected chi connectivity index (χ1v) is 8.83. The molecule has 1 aromatic heterocycles. The molecular formula is C19H21ClN6. The van der Waals surface area contributed by atoms with Crippen LogP contribution >= 0.6 is 11.6 Å². The van der Waals surface area contributed by atoms with Gasteiger partial charge in [0.25, 0.3) is 0 Å². The first-order chi connectivity index (χ1) is 12.7. The highest BCUT2D eigenvalue weighted by Gasteiger charge is 2.03. The van der Waals surface area contributed by atoms with E-state index >= 15 is 0 Å². The van der Waals surface area contributed by atoms with Crippen LogP contribution in [0, 0.1) is 0 Å². The van der Waals surface area contributed by atoms with Crippen LogP contribution in [0.2, 0.25) is 5.02 Å². The molecule has 0 aliphatic rings. The summed E-state index contributed by atoms with van der Waals surface area (Å²) in [6.07, 6.45) is 1.50. The van der Waals surface area contributed by atoms with Gasteiger partial charge in [0.2, 0.25) is 0 Å². The quantitative estimate of drug-likeness (QED) is 0.460. The van der Waals surface area contributed by atoms with E-state index in [0.29, 0.717) is 13.1 Å². The molecular weight excluding hydrogens is 348 g/mol. The Morgan fingerprint density at radius 2 is 1.96 bits per heavy atom. The summed E-state index contributed by atoms with van der Waals surface area (Å²) in [7, 11) is 0. The first-order valence-electron chi connectivity index (χ1n) is 8.46. The Morgan fingerprint density at radius 1 is 1.12 bits per heavy atom. The Balaban J connectivity index is 1.65. The van der Waals surface area contributed by atoms with Gasteiger partial charge in [-0.1, -0.05) is 41.9 Å². The van der Waals surface area contributed by atoms with Crippen molar-refractivity contribution in [1.82, 2.24) is 25.8 Å². The predicted molar refractivity (Wildman–Crippen MR) is 105 cm³/mol. The molecule has 0 saturated carbocycles. The van der Waals surface area contributed by atoms with Crippen molar-refractivity contribution in [2.45, 2.75) is 20.0 Å². The van der Waals surface area contributed by atoms with Crippen molar-refractivity contribution in [3.05, 3.63) is 71.0 Å². The minimum Gasteiger partial charge on any atom is -0.357 e. The Morgan fingerprint density at radius 3 is 2.69 bits per heavy atom. The van der Waals surface area contributed by atoms with Crippen LogP contribution in [0.25, 0.3) is 11.4 Å². The van der Waals surface area contributed by atoms with E-state index in [9.17, 15) is 0 Å². The van der Waals surface area contributed by atoms with Crippen LogP contribution in [0.3, 0.4) is 0 Å². The lowest BCUT2D eigenvalue weighted by Crippen LogP contribution is -2.36. The summed E-state index contributed by atoms with van der Waals surface area (Å²) in [5, 5.41) is 14.1. The fourth-order valence-corrected chi connectivity index (χ4v) is 2.59. The number of guanidine groups is 1.